The quantitative estimate of drug-likeness (QED) is 0.836. The molecule has 2 heteroatoms. The number of hydrogen-bond donors (Lipinski definition) is 1. The highest BCUT2D eigenvalue weighted by Gasteiger charge is 2.04. The van der Waals surface area contributed by atoms with Gasteiger partial charge < -0.3 is 5.11 Å². The molecule has 2 aromatic carbocycles. The maximum atomic E-state index is 13.4. The van der Waals surface area contributed by atoms with E-state index >= 15 is 0 Å². The molecule has 0 aliphatic carbocycles. The monoisotopic (exact) mass is 216 g/mol. The third kappa shape index (κ3) is 2.28. The summed E-state index contributed by atoms with van der Waals surface area (Å²) in [6.45, 7) is -0.0326. The minimum absolute atomic E-state index is 0.0326. The molecule has 0 saturated carbocycles. The van der Waals surface area contributed by atoms with E-state index in [9.17, 15) is 4.39 Å². The Morgan fingerprint density at radius 1 is 0.938 bits per heavy atom. The van der Waals surface area contributed by atoms with Gasteiger partial charge in [0.1, 0.15) is 5.82 Å². The van der Waals surface area contributed by atoms with Crippen LogP contribution in [0.4, 0.5) is 4.39 Å². The molecule has 0 aromatic heterocycles. The van der Waals surface area contributed by atoms with Crippen LogP contribution >= 0.6 is 0 Å². The second kappa shape index (κ2) is 4.90. The van der Waals surface area contributed by atoms with Gasteiger partial charge in [0.25, 0.3) is 0 Å². The van der Waals surface area contributed by atoms with E-state index in [1.54, 1.807) is 12.1 Å². The molecular formula is C14H13FO. The first-order valence-corrected chi connectivity index (χ1v) is 5.26. The first-order chi connectivity index (χ1) is 7.81. The number of aliphatic hydroxyl groups excluding tert-OH is 1. The average molecular weight is 216 g/mol. The van der Waals surface area contributed by atoms with Gasteiger partial charge in [-0.3, -0.25) is 0 Å². The van der Waals surface area contributed by atoms with E-state index in [0.29, 0.717) is 12.0 Å². The van der Waals surface area contributed by atoms with Crippen molar-refractivity contribution in [2.45, 2.75) is 6.42 Å². The second-order valence-corrected chi connectivity index (χ2v) is 3.65. The Morgan fingerprint density at radius 2 is 1.69 bits per heavy atom. The van der Waals surface area contributed by atoms with Crippen LogP contribution in [0.15, 0.2) is 48.5 Å². The van der Waals surface area contributed by atoms with Gasteiger partial charge in [0.15, 0.2) is 0 Å². The van der Waals surface area contributed by atoms with Gasteiger partial charge >= 0.3 is 0 Å². The van der Waals surface area contributed by atoms with Crippen LogP contribution in [0, 0.1) is 5.82 Å². The van der Waals surface area contributed by atoms with Crippen molar-refractivity contribution in [2.75, 3.05) is 6.61 Å². The van der Waals surface area contributed by atoms with Crippen molar-refractivity contribution in [2.24, 2.45) is 0 Å². The van der Waals surface area contributed by atoms with Crippen molar-refractivity contribution >= 4 is 0 Å². The highest BCUT2D eigenvalue weighted by Crippen LogP contribution is 2.21. The fourth-order valence-corrected chi connectivity index (χ4v) is 1.70. The second-order valence-electron chi connectivity index (χ2n) is 3.65. The zero-order valence-electron chi connectivity index (χ0n) is 8.86. The largest absolute Gasteiger partial charge is 0.396 e. The van der Waals surface area contributed by atoms with Crippen LogP contribution in [0.25, 0.3) is 11.1 Å². The fourth-order valence-electron chi connectivity index (χ4n) is 1.70. The smallest absolute Gasteiger partial charge is 0.126 e. The summed E-state index contributed by atoms with van der Waals surface area (Å²) < 4.78 is 13.4. The molecule has 2 rings (SSSR count). The molecule has 0 amide bonds. The molecule has 0 fully saturated rings. The van der Waals surface area contributed by atoms with Crippen LogP contribution in [0.2, 0.25) is 0 Å². The molecule has 82 valence electrons. The highest BCUT2D eigenvalue weighted by atomic mass is 19.1. The molecule has 0 unspecified atom stereocenters. The number of rotatable bonds is 3. The zero-order chi connectivity index (χ0) is 11.4. The van der Waals surface area contributed by atoms with E-state index in [-0.39, 0.29) is 12.4 Å². The summed E-state index contributed by atoms with van der Waals surface area (Å²) in [6, 6.07) is 14.8. The lowest BCUT2D eigenvalue weighted by atomic mass is 10.0. The van der Waals surface area contributed by atoms with Crippen LogP contribution in [0.1, 0.15) is 5.56 Å². The predicted octanol–water partition coefficient (Wildman–Crippen LogP) is 3.03. The van der Waals surface area contributed by atoms with Gasteiger partial charge in [-0.1, -0.05) is 36.4 Å². The summed E-state index contributed by atoms with van der Waals surface area (Å²) in [6.07, 6.45) is 0.354. The van der Waals surface area contributed by atoms with Gasteiger partial charge in [0.2, 0.25) is 0 Å². The van der Waals surface area contributed by atoms with E-state index in [0.717, 1.165) is 11.1 Å². The number of aliphatic hydroxyl groups is 1. The molecular weight excluding hydrogens is 203 g/mol. The van der Waals surface area contributed by atoms with E-state index in [1.807, 2.05) is 30.3 Å². The molecule has 0 saturated heterocycles. The van der Waals surface area contributed by atoms with Crippen molar-refractivity contribution in [3.63, 3.8) is 0 Å². The van der Waals surface area contributed by atoms with Gasteiger partial charge in [0, 0.05) is 6.61 Å². The summed E-state index contributed by atoms with van der Waals surface area (Å²) >= 11 is 0. The molecule has 1 N–H and O–H groups in total. The lowest BCUT2D eigenvalue weighted by Gasteiger charge is -2.05. The Kier molecular flexibility index (Phi) is 3.32. The van der Waals surface area contributed by atoms with Crippen molar-refractivity contribution in [1.82, 2.24) is 0 Å². The fraction of sp³-hybridized carbons (Fsp3) is 0.143. The first-order valence-electron chi connectivity index (χ1n) is 5.26. The van der Waals surface area contributed by atoms with Gasteiger partial charge in [-0.05, 0) is 35.2 Å². The molecule has 0 spiro atoms. The summed E-state index contributed by atoms with van der Waals surface area (Å²) in [5.41, 5.74) is 2.59. The van der Waals surface area contributed by atoms with E-state index in [1.165, 1.54) is 6.07 Å². The molecule has 0 aliphatic heterocycles. The number of hydrogen-bond acceptors (Lipinski definition) is 1. The van der Waals surface area contributed by atoms with Crippen molar-refractivity contribution < 1.29 is 9.50 Å². The molecule has 1 nitrogen and oxygen atoms in total. The Bertz CT molecular complexity index is 465. The van der Waals surface area contributed by atoms with Gasteiger partial charge in [-0.25, -0.2) is 4.39 Å². The van der Waals surface area contributed by atoms with Crippen molar-refractivity contribution in [3.05, 3.63) is 59.9 Å². The maximum absolute atomic E-state index is 13.4. The Labute approximate surface area is 94.2 Å². The summed E-state index contributed by atoms with van der Waals surface area (Å²) in [5, 5.41) is 8.84. The van der Waals surface area contributed by atoms with Crippen LogP contribution < -0.4 is 0 Å². The summed E-state index contributed by atoms with van der Waals surface area (Å²) in [4.78, 5) is 0. The molecule has 0 aliphatic rings. The number of halogens is 1. The van der Waals surface area contributed by atoms with Crippen LogP contribution in [-0.2, 0) is 6.42 Å². The lowest BCUT2D eigenvalue weighted by Crippen LogP contribution is -1.95. The normalized spacial score (nSPS) is 10.4. The summed E-state index contributed by atoms with van der Waals surface area (Å²) in [7, 11) is 0. The Morgan fingerprint density at radius 3 is 2.38 bits per heavy atom. The Hall–Kier alpha value is -1.67. The zero-order valence-corrected chi connectivity index (χ0v) is 8.86. The van der Waals surface area contributed by atoms with Crippen molar-refractivity contribution in [1.29, 1.82) is 0 Å². The lowest BCUT2D eigenvalue weighted by molar-refractivity contribution is 0.297. The molecule has 16 heavy (non-hydrogen) atoms. The molecule has 2 aromatic rings. The van der Waals surface area contributed by atoms with E-state index < -0.39 is 0 Å². The predicted molar refractivity (Wildman–Crippen MR) is 62.6 cm³/mol. The van der Waals surface area contributed by atoms with Crippen molar-refractivity contribution in [3.8, 4) is 11.1 Å². The van der Waals surface area contributed by atoms with E-state index in [2.05, 4.69) is 0 Å². The topological polar surface area (TPSA) is 20.2 Å². The van der Waals surface area contributed by atoms with Crippen LogP contribution in [0.5, 0.6) is 0 Å². The molecule has 0 atom stereocenters. The maximum Gasteiger partial charge on any atom is 0.126 e. The third-order valence-corrected chi connectivity index (χ3v) is 2.53. The van der Waals surface area contributed by atoms with Gasteiger partial charge in [0.05, 0.1) is 0 Å². The third-order valence-electron chi connectivity index (χ3n) is 2.53. The SMILES string of the molecule is OCCc1cc(-c2ccccc2)ccc1F. The summed E-state index contributed by atoms with van der Waals surface area (Å²) in [5.74, 6) is -0.256. The van der Waals surface area contributed by atoms with Gasteiger partial charge in [-0.2, -0.15) is 0 Å². The molecule has 0 heterocycles. The van der Waals surface area contributed by atoms with Crippen LogP contribution in [0.3, 0.4) is 0 Å². The van der Waals surface area contributed by atoms with Crippen LogP contribution in [-0.4, -0.2) is 11.7 Å². The minimum atomic E-state index is -0.256. The number of benzene rings is 2. The first kappa shape index (κ1) is 10.8. The van der Waals surface area contributed by atoms with Gasteiger partial charge in [-0.15, -0.1) is 0 Å². The standard InChI is InChI=1S/C14H13FO/c15-14-7-6-12(10-13(14)8-9-16)11-4-2-1-3-5-11/h1-7,10,16H,8-9H2. The average Bonchev–Trinajstić information content (AvgIpc) is 2.33. The highest BCUT2D eigenvalue weighted by molar-refractivity contribution is 5.64. The Balaban J connectivity index is 2.40. The molecule has 0 radical (unpaired) electrons. The van der Waals surface area contributed by atoms with E-state index in [4.69, 9.17) is 5.11 Å². The molecule has 0 bridgehead atoms. The minimum Gasteiger partial charge on any atom is -0.396 e.